The van der Waals surface area contributed by atoms with Crippen molar-refractivity contribution in [2.45, 2.75) is 12.8 Å². The fraction of sp³-hybridized carbons (Fsp3) is 0.167. The molecule has 0 saturated heterocycles. The van der Waals surface area contributed by atoms with Gasteiger partial charge >= 0.3 is 5.97 Å². The lowest BCUT2D eigenvalue weighted by molar-refractivity contribution is -0.160. The molecule has 6 heteroatoms. The lowest BCUT2D eigenvalue weighted by atomic mass is 10.1. The number of rotatable bonds is 4. The average molecular weight is 390 g/mol. The smallest absolute Gasteiger partial charge is 0.337 e. The third kappa shape index (κ3) is 3.67. The molecule has 0 amide bonds. The molecule has 2 aromatic carbocycles. The highest BCUT2D eigenvalue weighted by atomic mass is 79.9. The minimum absolute atomic E-state index is 0.390. The summed E-state index contributed by atoms with van der Waals surface area (Å²) in [5.41, 5.74) is 2.25. The fourth-order valence-corrected chi connectivity index (χ4v) is 2.85. The monoisotopic (exact) mass is 389 g/mol. The van der Waals surface area contributed by atoms with Gasteiger partial charge in [0.05, 0.1) is 19.2 Å². The normalized spacial score (nSPS) is 17.3. The highest BCUT2D eigenvalue weighted by molar-refractivity contribution is 9.10. The van der Waals surface area contributed by atoms with E-state index in [9.17, 15) is 9.90 Å². The number of esters is 1. The number of ether oxygens (including phenoxy) is 1. The number of nitrogens with zero attached hydrogens (tertiary/aromatic N) is 1. The van der Waals surface area contributed by atoms with Crippen LogP contribution in [0.5, 0.6) is 0 Å². The van der Waals surface area contributed by atoms with Crippen molar-refractivity contribution in [1.29, 1.82) is 0 Å². The topological polar surface area (TPSA) is 59.0 Å². The minimum atomic E-state index is -0.834. The van der Waals surface area contributed by atoms with Crippen LogP contribution in [-0.4, -0.2) is 29.5 Å². The van der Waals surface area contributed by atoms with E-state index in [2.05, 4.69) is 20.7 Å². The molecule has 1 unspecified atom stereocenters. The molecule has 3 rings (SSSR count). The number of hydrogen-bond donors (Lipinski definition) is 1. The molecule has 124 valence electrons. The van der Waals surface area contributed by atoms with E-state index in [1.807, 2.05) is 24.3 Å². The lowest BCUT2D eigenvalue weighted by Gasteiger charge is -2.19. The van der Waals surface area contributed by atoms with Crippen LogP contribution in [0.25, 0.3) is 5.76 Å². The zero-order valence-electron chi connectivity index (χ0n) is 13.0. The maximum absolute atomic E-state index is 11.5. The summed E-state index contributed by atoms with van der Waals surface area (Å²) in [7, 11) is 1.34. The molecular weight excluding hydrogens is 374 g/mol. The molecule has 1 aliphatic heterocycles. The first-order valence-corrected chi connectivity index (χ1v) is 8.14. The van der Waals surface area contributed by atoms with Crippen molar-refractivity contribution in [2.75, 3.05) is 7.11 Å². The summed E-state index contributed by atoms with van der Waals surface area (Å²) in [5.74, 6) is 0.160. The Bertz CT molecular complexity index is 773. The summed E-state index contributed by atoms with van der Waals surface area (Å²) in [6.45, 7) is 0.445. The highest BCUT2D eigenvalue weighted by Crippen LogP contribution is 2.28. The van der Waals surface area contributed by atoms with E-state index in [0.717, 1.165) is 15.6 Å². The number of methoxy groups -OCH3 is 1. The molecule has 1 aliphatic rings. The zero-order valence-corrected chi connectivity index (χ0v) is 14.6. The van der Waals surface area contributed by atoms with Crippen LogP contribution in [0.15, 0.2) is 59.1 Å². The first-order chi connectivity index (χ1) is 11.6. The van der Waals surface area contributed by atoms with Crippen LogP contribution in [0.3, 0.4) is 0 Å². The summed E-state index contributed by atoms with van der Waals surface area (Å²) in [4.78, 5) is 17.2. The molecular formula is C18H16BrNO4. The van der Waals surface area contributed by atoms with E-state index in [1.54, 1.807) is 30.3 Å². The van der Waals surface area contributed by atoms with Gasteiger partial charge in [-0.15, -0.1) is 5.06 Å². The van der Waals surface area contributed by atoms with Crippen LogP contribution < -0.4 is 0 Å². The van der Waals surface area contributed by atoms with E-state index in [4.69, 9.17) is 4.84 Å². The summed E-state index contributed by atoms with van der Waals surface area (Å²) >= 11 is 3.43. The number of hydrogen-bond acceptors (Lipinski definition) is 5. The second kappa shape index (κ2) is 7.17. The molecule has 0 spiro atoms. The highest BCUT2D eigenvalue weighted by Gasteiger charge is 2.26. The molecule has 2 aromatic rings. The maximum Gasteiger partial charge on any atom is 0.337 e. The Morgan fingerprint density at radius 2 is 2.04 bits per heavy atom. The van der Waals surface area contributed by atoms with Gasteiger partial charge in [0.15, 0.2) is 12.0 Å². The first-order valence-electron chi connectivity index (χ1n) is 7.34. The molecule has 0 fully saturated rings. The number of carbonyl (C=O) groups is 1. The molecule has 1 N–H and O–H groups in total. The van der Waals surface area contributed by atoms with E-state index >= 15 is 0 Å². The van der Waals surface area contributed by atoms with E-state index in [0.29, 0.717) is 17.9 Å². The van der Waals surface area contributed by atoms with Crippen molar-refractivity contribution < 1.29 is 19.5 Å². The van der Waals surface area contributed by atoms with Gasteiger partial charge in [-0.3, -0.25) is 0 Å². The van der Waals surface area contributed by atoms with Crippen LogP contribution in [0.1, 0.15) is 21.5 Å². The molecule has 24 heavy (non-hydrogen) atoms. The van der Waals surface area contributed by atoms with Crippen LogP contribution in [0, 0.1) is 0 Å². The SMILES string of the molecule is COC(=O)c1ccc(C2=CC(O)N(Cc3cccc(Br)c3)O2)cc1. The average Bonchev–Trinajstić information content (AvgIpc) is 2.95. The largest absolute Gasteiger partial charge is 0.465 e. The van der Waals surface area contributed by atoms with Crippen molar-refractivity contribution in [2.24, 2.45) is 0 Å². The van der Waals surface area contributed by atoms with Gasteiger partial charge in [0, 0.05) is 16.1 Å². The van der Waals surface area contributed by atoms with Crippen LogP contribution in [0.4, 0.5) is 0 Å². The van der Waals surface area contributed by atoms with Gasteiger partial charge in [-0.25, -0.2) is 4.79 Å². The van der Waals surface area contributed by atoms with Gasteiger partial charge in [0.2, 0.25) is 0 Å². The van der Waals surface area contributed by atoms with E-state index < -0.39 is 6.23 Å². The third-order valence-electron chi connectivity index (χ3n) is 3.63. The summed E-state index contributed by atoms with van der Waals surface area (Å²) in [6.07, 6.45) is 0.796. The Balaban J connectivity index is 1.70. The molecule has 0 radical (unpaired) electrons. The minimum Gasteiger partial charge on any atom is -0.465 e. The number of hydroxylamine groups is 2. The standard InChI is InChI=1S/C18H16BrNO4/c1-23-18(22)14-7-5-13(6-8-14)16-10-17(21)20(24-16)11-12-3-2-4-15(19)9-12/h2-10,17,21H,11H2,1H3. The Morgan fingerprint density at radius 1 is 1.29 bits per heavy atom. The number of halogens is 1. The van der Waals surface area contributed by atoms with Gasteiger partial charge in [-0.2, -0.15) is 0 Å². The van der Waals surface area contributed by atoms with Crippen molar-refractivity contribution >= 4 is 27.7 Å². The first kappa shape index (κ1) is 16.7. The molecule has 0 bridgehead atoms. The Morgan fingerprint density at radius 3 is 2.71 bits per heavy atom. The number of aliphatic hydroxyl groups is 1. The summed E-state index contributed by atoms with van der Waals surface area (Å²) < 4.78 is 5.65. The van der Waals surface area contributed by atoms with Crippen molar-refractivity contribution in [3.8, 4) is 0 Å². The molecule has 0 saturated carbocycles. The number of aliphatic hydroxyl groups excluding tert-OH is 1. The quantitative estimate of drug-likeness (QED) is 0.812. The van der Waals surface area contributed by atoms with E-state index in [1.165, 1.54) is 12.2 Å². The number of carbonyl (C=O) groups excluding carboxylic acids is 1. The van der Waals surface area contributed by atoms with Gasteiger partial charge < -0.3 is 14.7 Å². The zero-order chi connectivity index (χ0) is 17.1. The van der Waals surface area contributed by atoms with Crippen LogP contribution >= 0.6 is 15.9 Å². The van der Waals surface area contributed by atoms with Crippen LogP contribution in [-0.2, 0) is 16.1 Å². The van der Waals surface area contributed by atoms with E-state index in [-0.39, 0.29) is 5.97 Å². The maximum atomic E-state index is 11.5. The molecule has 1 atom stereocenters. The molecule has 1 heterocycles. The Kier molecular flexibility index (Phi) is 4.99. The van der Waals surface area contributed by atoms with Gasteiger partial charge in [-0.05, 0) is 29.8 Å². The predicted molar refractivity (Wildman–Crippen MR) is 92.5 cm³/mol. The summed E-state index contributed by atoms with van der Waals surface area (Å²) in [5, 5.41) is 11.7. The Hall–Kier alpha value is -2.15. The van der Waals surface area contributed by atoms with Crippen molar-refractivity contribution in [1.82, 2.24) is 5.06 Å². The predicted octanol–water partition coefficient (Wildman–Crippen LogP) is 3.34. The molecule has 0 aliphatic carbocycles. The van der Waals surface area contributed by atoms with Gasteiger partial charge in [0.1, 0.15) is 0 Å². The molecule has 0 aromatic heterocycles. The van der Waals surface area contributed by atoms with Crippen LogP contribution in [0.2, 0.25) is 0 Å². The molecule has 5 nitrogen and oxygen atoms in total. The fourth-order valence-electron chi connectivity index (χ4n) is 2.41. The van der Waals surface area contributed by atoms with Gasteiger partial charge in [-0.1, -0.05) is 40.2 Å². The number of benzene rings is 2. The summed E-state index contributed by atoms with van der Waals surface area (Å²) in [6, 6.07) is 14.6. The lowest BCUT2D eigenvalue weighted by Crippen LogP contribution is -2.27. The van der Waals surface area contributed by atoms with Crippen molar-refractivity contribution in [3.63, 3.8) is 0 Å². The Labute approximate surface area is 148 Å². The second-order valence-electron chi connectivity index (χ2n) is 5.31. The van der Waals surface area contributed by atoms with Gasteiger partial charge in [0.25, 0.3) is 0 Å². The third-order valence-corrected chi connectivity index (χ3v) is 4.12. The van der Waals surface area contributed by atoms with Crippen molar-refractivity contribution in [3.05, 3.63) is 75.8 Å². The second-order valence-corrected chi connectivity index (χ2v) is 6.23.